The van der Waals surface area contributed by atoms with Gasteiger partial charge in [0.1, 0.15) is 58.3 Å². The Hall–Kier alpha value is -10.4. The van der Waals surface area contributed by atoms with E-state index in [4.69, 9.17) is 59.2 Å². The van der Waals surface area contributed by atoms with Crippen LogP contribution in [0.1, 0.15) is 228 Å². The molecule has 4 aliphatic heterocycles. The van der Waals surface area contributed by atoms with Crippen LogP contribution in [0.15, 0.2) is 164 Å². The molecule has 12 aromatic rings. The fourth-order valence-electron chi connectivity index (χ4n) is 17.4. The predicted octanol–water partition coefficient (Wildman–Crippen LogP) is 22.9. The van der Waals surface area contributed by atoms with E-state index < -0.39 is 16.8 Å². The fourth-order valence-corrected chi connectivity index (χ4v) is 21.3. The Kier molecular flexibility index (Phi) is 38.4. The minimum Gasteiger partial charge on any atom is -0.473 e. The first-order valence-electron chi connectivity index (χ1n) is 48.9. The van der Waals surface area contributed by atoms with E-state index in [1.807, 2.05) is 163 Å². The molecule has 144 heavy (non-hydrogen) atoms. The van der Waals surface area contributed by atoms with Crippen LogP contribution in [0, 0.1) is 7.43 Å². The van der Waals surface area contributed by atoms with Crippen molar-refractivity contribution in [3.63, 3.8) is 0 Å². The van der Waals surface area contributed by atoms with Crippen molar-refractivity contribution in [2.45, 2.75) is 288 Å². The summed E-state index contributed by atoms with van der Waals surface area (Å²) < 4.78 is 57.8. The molecule has 0 unspecified atom stereocenters. The van der Waals surface area contributed by atoms with Crippen molar-refractivity contribution in [3.05, 3.63) is 194 Å². The molecule has 774 valence electrons. The minimum atomic E-state index is -0.504. The number of nitrogens with one attached hydrogen (secondary N) is 4. The molecular weight excluding hydrogens is 2040 g/mol. The average Bonchev–Trinajstić information content (AvgIpc) is 1.61. The Morgan fingerprint density at radius 2 is 0.736 bits per heavy atom. The number of nitrogens with zero attached hydrogens (tertiary/aromatic N) is 15. The van der Waals surface area contributed by atoms with Gasteiger partial charge >= 0.3 is 25.4 Å². The Labute approximate surface area is 884 Å². The topological polar surface area (TPSA) is 367 Å². The smallest absolute Gasteiger partial charge is 0.473 e. The zero-order chi connectivity index (χ0) is 99.2. The third-order valence-corrected chi connectivity index (χ3v) is 29.9. The largest absolute Gasteiger partial charge is 0.490 e. The molecule has 2 saturated heterocycles. The number of para-hydroxylation sites is 4. The molecule has 5 saturated carbocycles. The van der Waals surface area contributed by atoms with Crippen molar-refractivity contribution in [3.8, 4) is 23.5 Å². The minimum absolute atomic E-state index is 0. The Morgan fingerprint density at radius 1 is 0.417 bits per heavy atom. The molecule has 0 radical (unpaired) electrons. The molecular formula is C104H133BCl2N19O13PdS4-. The summed E-state index contributed by atoms with van der Waals surface area (Å²) in [6.07, 6.45) is 34.0. The molecule has 5 aliphatic carbocycles. The van der Waals surface area contributed by atoms with Crippen LogP contribution >= 0.6 is 69.4 Å². The van der Waals surface area contributed by atoms with Gasteiger partial charge in [0.2, 0.25) is 17.6 Å². The zero-order valence-electron chi connectivity index (χ0n) is 84.4. The van der Waals surface area contributed by atoms with Gasteiger partial charge < -0.3 is 91.0 Å². The van der Waals surface area contributed by atoms with E-state index in [1.165, 1.54) is 50.9 Å². The van der Waals surface area contributed by atoms with Crippen molar-refractivity contribution in [2.24, 2.45) is 0 Å². The van der Waals surface area contributed by atoms with Gasteiger partial charge in [0.05, 0.1) is 52.1 Å². The van der Waals surface area contributed by atoms with Gasteiger partial charge in [0, 0.05) is 204 Å². The summed E-state index contributed by atoms with van der Waals surface area (Å²) in [5.74, 6) is 3.09. The van der Waals surface area contributed by atoms with Crippen LogP contribution in [-0.2, 0) is 43.9 Å². The summed E-state index contributed by atoms with van der Waals surface area (Å²) in [5.41, 5.74) is 6.92. The van der Waals surface area contributed by atoms with E-state index in [0.29, 0.717) is 98.6 Å². The first kappa shape index (κ1) is 111. The van der Waals surface area contributed by atoms with Crippen LogP contribution in [0.3, 0.4) is 0 Å². The molecule has 3 amide bonds. The van der Waals surface area contributed by atoms with Gasteiger partial charge in [0.15, 0.2) is 25.7 Å². The van der Waals surface area contributed by atoms with E-state index >= 15 is 0 Å². The van der Waals surface area contributed by atoms with E-state index in [-0.39, 0.29) is 107 Å². The van der Waals surface area contributed by atoms with Gasteiger partial charge in [-0.05, 0) is 188 Å². The number of benzene rings is 4. The Balaban J connectivity index is 0.000000151. The number of rotatable bonds is 20. The molecule has 40 heteroatoms. The number of piperidine rings is 1. The molecule has 0 atom stereocenters. The Bertz CT molecular complexity index is 6140. The number of aliphatic hydroxyl groups excluding tert-OH is 1. The van der Waals surface area contributed by atoms with E-state index in [1.54, 1.807) is 110 Å². The number of fused-ring (bicyclic) bond motifs is 4. The number of ether oxygens (including phenoxy) is 7. The van der Waals surface area contributed by atoms with Crippen LogP contribution < -0.4 is 40.2 Å². The van der Waals surface area contributed by atoms with Crippen molar-refractivity contribution >= 4 is 162 Å². The van der Waals surface area contributed by atoms with Crippen molar-refractivity contribution < 1.29 is 82.4 Å². The number of hydrogen-bond acceptors (Lipinski definition) is 33. The number of aromatic nitrogens is 12. The summed E-state index contributed by atoms with van der Waals surface area (Å²) in [4.78, 5) is 95.8. The number of anilines is 4. The number of halogens is 2. The van der Waals surface area contributed by atoms with E-state index in [9.17, 15) is 14.4 Å². The summed E-state index contributed by atoms with van der Waals surface area (Å²) in [6, 6.07) is 34.2. The van der Waals surface area contributed by atoms with Gasteiger partial charge in [-0.2, -0.15) is 0 Å². The third-order valence-electron chi connectivity index (χ3n) is 25.8. The second-order valence-corrected chi connectivity index (χ2v) is 45.0. The van der Waals surface area contributed by atoms with E-state index in [2.05, 4.69) is 117 Å². The number of hydrogen-bond donors (Lipinski definition) is 5. The van der Waals surface area contributed by atoms with Crippen molar-refractivity contribution in [2.75, 3.05) is 67.6 Å². The van der Waals surface area contributed by atoms with Crippen LogP contribution in [-0.4, -0.2) is 228 Å². The quantitative estimate of drug-likeness (QED) is 0.0269. The predicted molar refractivity (Wildman–Crippen MR) is 570 cm³/mol. The molecule has 8 aromatic heterocycles. The number of likely N-dealkylation sites (tertiary alicyclic amines) is 1. The molecule has 5 N–H and O–H groups in total. The van der Waals surface area contributed by atoms with Gasteiger partial charge in [-0.15, -0.1) is 12.4 Å². The van der Waals surface area contributed by atoms with Gasteiger partial charge in [-0.1, -0.05) is 137 Å². The first-order valence-corrected chi connectivity index (χ1v) is 52.5. The maximum Gasteiger partial charge on any atom is 0.490 e. The standard InChI is InChI=1S/C25H31N5O3S.C25H29N5O3S.C21H24N4OS.C16H28BNO4.C15H13ClN4OS.CH4O.CH3.ClH.Pd/c2*1-25(2,3)33-24(31)30-12-8-16(9-13-30)21-22(27-11-10-26-21)32-18-14-17(15-18)28-23-29-19-6-4-5-7-20(19)34-23;1-2-6-14(7-3-1)19-20(23-11-10-22-19)26-16-12-15(13-16)24-21-25-17-8-4-5-9-18(17)27-21;1-14(2,3)20-13(19)18-10-8-12(9-11-18)17-21-15(4,5)16(6,7)22-17;16-13-14(18-6-5-17-13)21-10-7-9(8-10)19-15-20-11-3-1-2-4-12(11)22-15;1-2;;;/h4-7,10-11,16-18H,8-9,12-15H2,1-3H3,(H,28,29);4-8,10-11,17-18H,9,12-15H2,1-3H3,(H,28,29);4-5,8-11,14-16H,1-3,6-7,12-13H2,(H,24,25);8H,9-11H2,1-7H3;1-6,9-10H,7-8H2,(H,19,20);2H,1H3;1H3;1H;/q;;;;;;-1;;. The van der Waals surface area contributed by atoms with Crippen LogP contribution in [0.5, 0.6) is 23.5 Å². The number of thiazole rings is 4. The van der Waals surface area contributed by atoms with Gasteiger partial charge in [-0.25, -0.2) is 64.2 Å². The fraction of sp³-hybridized carbons (Fsp3) is 0.500. The maximum absolute atomic E-state index is 12.4. The molecule has 4 aromatic carbocycles. The second kappa shape index (κ2) is 49.9. The molecule has 0 bridgehead atoms. The number of amides is 3. The molecule has 7 fully saturated rings. The van der Waals surface area contributed by atoms with Crippen LogP contribution in [0.4, 0.5) is 34.9 Å². The van der Waals surface area contributed by atoms with E-state index in [0.717, 1.165) is 154 Å². The summed E-state index contributed by atoms with van der Waals surface area (Å²) in [7, 11) is 0.686. The first-order chi connectivity index (χ1) is 67.7. The zero-order valence-corrected chi connectivity index (χ0v) is 90.8. The number of aliphatic hydroxyl groups is 1. The normalized spacial score (nSPS) is 21.1. The summed E-state index contributed by atoms with van der Waals surface area (Å²) in [6.45, 7) is 28.6. The van der Waals surface area contributed by atoms with Crippen LogP contribution in [0.2, 0.25) is 5.15 Å². The number of carbonyl (C=O) groups excluding carboxylic acids is 3. The third kappa shape index (κ3) is 30.0. The summed E-state index contributed by atoms with van der Waals surface area (Å²) >= 11 is 12.7. The average molecular weight is 2170 g/mol. The van der Waals surface area contributed by atoms with Crippen molar-refractivity contribution in [1.29, 1.82) is 0 Å². The molecule has 9 aliphatic rings. The van der Waals surface area contributed by atoms with Crippen LogP contribution in [0.25, 0.3) is 46.4 Å². The van der Waals surface area contributed by atoms with Crippen molar-refractivity contribution in [1.82, 2.24) is 74.5 Å². The molecule has 12 heterocycles. The Morgan fingerprint density at radius 3 is 1.09 bits per heavy atom. The SMILES string of the molecule is CC(C)(C)OC(=O)N1CC=C(B2OC(C)(C)C(C)(C)O2)CC1.CC(C)(C)OC(=O)N1CC=C(c2nccnc2OC2CC(Nc3nc4ccccc4s3)C2)CC1.CC(C)(C)OC(=O)N1CCC(c2nccnc2OC2CC(Nc3nc4ccccc4s3)C2)CC1.CO.Cl.Clc1nccnc1OC1CC(Nc2nc3ccccc3s2)C1.[CH3-].[Pd].c1ccc2sc(NC3CC(Oc4nccnc4C4CCCCC4)C3)nc2c1. The van der Waals surface area contributed by atoms with Gasteiger partial charge in [-0.3, -0.25) is 9.97 Å². The molecule has 21 rings (SSSR count). The van der Waals surface area contributed by atoms with Gasteiger partial charge in [0.25, 0.3) is 5.88 Å². The molecule has 32 nitrogen and oxygen atoms in total. The monoisotopic (exact) mass is 2170 g/mol. The summed E-state index contributed by atoms with van der Waals surface area (Å²) in [5, 5.41) is 25.3. The second-order valence-electron chi connectivity index (χ2n) is 40.5. The maximum atomic E-state index is 12.4. The molecule has 0 spiro atoms. The number of carbonyl (C=O) groups is 3.